The first kappa shape index (κ1) is 14.4. The molecule has 2 aromatic rings. The van der Waals surface area contributed by atoms with E-state index in [-0.39, 0.29) is 11.3 Å². The molecule has 0 unspecified atom stereocenters. The lowest BCUT2D eigenvalue weighted by molar-refractivity contribution is 0.0526. The normalized spacial score (nSPS) is 24.3. The first-order valence-corrected chi connectivity index (χ1v) is 8.39. The smallest absolute Gasteiger partial charge is 0.289 e. The van der Waals surface area contributed by atoms with Gasteiger partial charge < -0.3 is 14.2 Å². The molecule has 2 aliphatic heterocycles. The molecule has 23 heavy (non-hydrogen) atoms. The fourth-order valence-electron chi connectivity index (χ4n) is 4.06. The molecule has 120 valence electrons. The quantitative estimate of drug-likeness (QED) is 0.853. The number of para-hydroxylation sites is 1. The van der Waals surface area contributed by atoms with Gasteiger partial charge in [-0.05, 0) is 43.5 Å². The lowest BCUT2D eigenvalue weighted by Crippen LogP contribution is -2.47. The van der Waals surface area contributed by atoms with Crippen molar-refractivity contribution in [2.24, 2.45) is 5.41 Å². The molecule has 0 N–H and O–H groups in total. The maximum Gasteiger partial charge on any atom is 0.289 e. The highest BCUT2D eigenvalue weighted by molar-refractivity contribution is 5.91. The number of carbonyl (C=O) groups excluding carboxylic acids is 1. The Morgan fingerprint density at radius 3 is 2.65 bits per heavy atom. The average Bonchev–Trinajstić information content (AvgIpc) is 3.26. The lowest BCUT2D eigenvalue weighted by atomic mass is 9.79. The standard InChI is InChI=1S/C19H22N2O2/c22-18(17-8-4-13-23-17)21-11-5-9-19(15-21)10-12-20(14-19)16-6-2-1-3-7-16/h1-4,6-8,13H,5,9-12,14-15H2/t19-/m0/s1. The SMILES string of the molecule is O=C(c1ccco1)N1CCC[C@@]2(CCN(c3ccccc3)C2)C1. The van der Waals surface area contributed by atoms with Gasteiger partial charge in [-0.15, -0.1) is 0 Å². The van der Waals surface area contributed by atoms with E-state index in [0.717, 1.165) is 39.0 Å². The highest BCUT2D eigenvalue weighted by Crippen LogP contribution is 2.40. The minimum Gasteiger partial charge on any atom is -0.459 e. The molecule has 4 nitrogen and oxygen atoms in total. The maximum absolute atomic E-state index is 12.6. The fraction of sp³-hybridized carbons (Fsp3) is 0.421. The third-order valence-corrected chi connectivity index (χ3v) is 5.24. The number of hydrogen-bond acceptors (Lipinski definition) is 3. The van der Waals surface area contributed by atoms with Crippen molar-refractivity contribution < 1.29 is 9.21 Å². The van der Waals surface area contributed by atoms with Gasteiger partial charge in [0, 0.05) is 37.3 Å². The van der Waals surface area contributed by atoms with Crippen molar-refractivity contribution >= 4 is 11.6 Å². The second-order valence-corrected chi connectivity index (χ2v) is 6.81. The van der Waals surface area contributed by atoms with E-state index in [4.69, 9.17) is 4.42 Å². The largest absolute Gasteiger partial charge is 0.459 e. The summed E-state index contributed by atoms with van der Waals surface area (Å²) in [6.07, 6.45) is 5.01. The van der Waals surface area contributed by atoms with Crippen molar-refractivity contribution in [2.75, 3.05) is 31.1 Å². The van der Waals surface area contributed by atoms with E-state index < -0.39 is 0 Å². The van der Waals surface area contributed by atoms with Crippen LogP contribution in [0.25, 0.3) is 0 Å². The number of rotatable bonds is 2. The summed E-state index contributed by atoms with van der Waals surface area (Å²) in [6, 6.07) is 14.1. The zero-order valence-electron chi connectivity index (χ0n) is 13.3. The van der Waals surface area contributed by atoms with E-state index in [0.29, 0.717) is 5.76 Å². The number of hydrogen-bond donors (Lipinski definition) is 0. The molecule has 2 saturated heterocycles. The molecule has 1 spiro atoms. The molecular weight excluding hydrogens is 288 g/mol. The summed E-state index contributed by atoms with van der Waals surface area (Å²) >= 11 is 0. The van der Waals surface area contributed by atoms with Crippen molar-refractivity contribution in [1.82, 2.24) is 4.90 Å². The van der Waals surface area contributed by atoms with Gasteiger partial charge >= 0.3 is 0 Å². The summed E-state index contributed by atoms with van der Waals surface area (Å²) in [5.74, 6) is 0.493. The number of benzene rings is 1. The molecule has 0 saturated carbocycles. The van der Waals surface area contributed by atoms with Crippen molar-refractivity contribution in [2.45, 2.75) is 19.3 Å². The molecule has 1 atom stereocenters. The topological polar surface area (TPSA) is 36.7 Å². The number of carbonyl (C=O) groups is 1. The fourth-order valence-corrected chi connectivity index (χ4v) is 4.06. The van der Waals surface area contributed by atoms with Gasteiger partial charge in [-0.1, -0.05) is 18.2 Å². The van der Waals surface area contributed by atoms with Crippen LogP contribution >= 0.6 is 0 Å². The number of amides is 1. The zero-order valence-corrected chi connectivity index (χ0v) is 13.3. The second kappa shape index (κ2) is 5.76. The van der Waals surface area contributed by atoms with Crippen LogP contribution in [-0.2, 0) is 0 Å². The third kappa shape index (κ3) is 2.74. The number of anilines is 1. The monoisotopic (exact) mass is 310 g/mol. The van der Waals surface area contributed by atoms with Gasteiger partial charge in [0.2, 0.25) is 0 Å². The summed E-state index contributed by atoms with van der Waals surface area (Å²) in [6.45, 7) is 3.80. The predicted octanol–water partition coefficient (Wildman–Crippen LogP) is 3.41. The molecule has 2 fully saturated rings. The Balaban J connectivity index is 1.48. The van der Waals surface area contributed by atoms with Crippen molar-refractivity contribution in [3.05, 3.63) is 54.5 Å². The first-order valence-electron chi connectivity index (χ1n) is 8.39. The summed E-state index contributed by atoms with van der Waals surface area (Å²) in [7, 11) is 0. The summed E-state index contributed by atoms with van der Waals surface area (Å²) < 4.78 is 5.29. The van der Waals surface area contributed by atoms with E-state index in [1.807, 2.05) is 4.90 Å². The van der Waals surface area contributed by atoms with Gasteiger partial charge in [-0.3, -0.25) is 4.79 Å². The third-order valence-electron chi connectivity index (χ3n) is 5.24. The summed E-state index contributed by atoms with van der Waals surface area (Å²) in [5, 5.41) is 0. The molecule has 1 aromatic carbocycles. The number of piperidine rings is 1. The van der Waals surface area contributed by atoms with Crippen LogP contribution in [0.1, 0.15) is 29.8 Å². The average molecular weight is 310 g/mol. The van der Waals surface area contributed by atoms with Crippen molar-refractivity contribution in [3.63, 3.8) is 0 Å². The molecule has 0 radical (unpaired) electrons. The van der Waals surface area contributed by atoms with E-state index >= 15 is 0 Å². The van der Waals surface area contributed by atoms with Crippen LogP contribution in [0.5, 0.6) is 0 Å². The zero-order chi connectivity index (χ0) is 15.7. The van der Waals surface area contributed by atoms with Crippen molar-refractivity contribution in [1.29, 1.82) is 0 Å². The molecule has 2 aliphatic rings. The van der Waals surface area contributed by atoms with Gasteiger partial charge in [-0.25, -0.2) is 0 Å². The van der Waals surface area contributed by atoms with Gasteiger partial charge in [-0.2, -0.15) is 0 Å². The molecule has 1 aromatic heterocycles. The van der Waals surface area contributed by atoms with Crippen molar-refractivity contribution in [3.8, 4) is 0 Å². The Morgan fingerprint density at radius 1 is 1.00 bits per heavy atom. The Labute approximate surface area is 136 Å². The van der Waals surface area contributed by atoms with Gasteiger partial charge in [0.05, 0.1) is 6.26 Å². The number of furan rings is 1. The van der Waals surface area contributed by atoms with Crippen LogP contribution in [0.3, 0.4) is 0 Å². The minimum atomic E-state index is 0.0345. The summed E-state index contributed by atoms with van der Waals surface area (Å²) in [4.78, 5) is 17.0. The highest BCUT2D eigenvalue weighted by Gasteiger charge is 2.42. The van der Waals surface area contributed by atoms with Crippen LogP contribution in [0.2, 0.25) is 0 Å². The van der Waals surface area contributed by atoms with Crippen LogP contribution < -0.4 is 4.90 Å². The molecule has 4 heteroatoms. The maximum atomic E-state index is 12.6. The van der Waals surface area contributed by atoms with Gasteiger partial charge in [0.15, 0.2) is 5.76 Å². The molecule has 4 rings (SSSR count). The molecule has 1 amide bonds. The Morgan fingerprint density at radius 2 is 1.87 bits per heavy atom. The Hall–Kier alpha value is -2.23. The van der Waals surface area contributed by atoms with Crippen LogP contribution in [0.4, 0.5) is 5.69 Å². The van der Waals surface area contributed by atoms with Crippen LogP contribution in [-0.4, -0.2) is 37.0 Å². The number of likely N-dealkylation sites (tertiary alicyclic amines) is 1. The molecule has 3 heterocycles. The minimum absolute atomic E-state index is 0.0345. The lowest BCUT2D eigenvalue weighted by Gasteiger charge is -2.40. The van der Waals surface area contributed by atoms with Gasteiger partial charge in [0.1, 0.15) is 0 Å². The predicted molar refractivity (Wildman–Crippen MR) is 89.6 cm³/mol. The Kier molecular flexibility index (Phi) is 3.60. The summed E-state index contributed by atoms with van der Waals surface area (Å²) in [5.41, 5.74) is 1.52. The molecule has 0 bridgehead atoms. The van der Waals surface area contributed by atoms with Crippen LogP contribution in [0.15, 0.2) is 53.1 Å². The molecular formula is C19H22N2O2. The number of nitrogens with zero attached hydrogens (tertiary/aromatic N) is 2. The van der Waals surface area contributed by atoms with E-state index in [9.17, 15) is 4.79 Å². The van der Waals surface area contributed by atoms with E-state index in [1.54, 1.807) is 18.4 Å². The van der Waals surface area contributed by atoms with E-state index in [1.165, 1.54) is 12.1 Å². The highest BCUT2D eigenvalue weighted by atomic mass is 16.3. The first-order chi connectivity index (χ1) is 11.3. The Bertz CT molecular complexity index is 668. The van der Waals surface area contributed by atoms with Crippen LogP contribution in [0, 0.1) is 5.41 Å². The second-order valence-electron chi connectivity index (χ2n) is 6.81. The van der Waals surface area contributed by atoms with E-state index in [2.05, 4.69) is 35.2 Å². The molecule has 0 aliphatic carbocycles. The van der Waals surface area contributed by atoms with Gasteiger partial charge in [0.25, 0.3) is 5.91 Å².